The summed E-state index contributed by atoms with van der Waals surface area (Å²) in [6.45, 7) is -0.126. The smallest absolute Gasteiger partial charge is 0.331 e. The van der Waals surface area contributed by atoms with E-state index in [-0.39, 0.29) is 19.6 Å². The third kappa shape index (κ3) is 6.78. The van der Waals surface area contributed by atoms with Crippen molar-refractivity contribution in [1.29, 1.82) is 5.26 Å². The molecule has 0 unspecified atom stereocenters. The van der Waals surface area contributed by atoms with E-state index in [1.165, 1.54) is 6.08 Å². The number of hydrogen-bond donors (Lipinski definition) is 1. The van der Waals surface area contributed by atoms with Crippen molar-refractivity contribution in [2.24, 2.45) is 0 Å². The van der Waals surface area contributed by atoms with Crippen molar-refractivity contribution in [1.82, 2.24) is 5.32 Å². The number of benzene rings is 1. The van der Waals surface area contributed by atoms with Gasteiger partial charge in [0.05, 0.1) is 19.6 Å². The molecule has 1 amide bonds. The van der Waals surface area contributed by atoms with Crippen molar-refractivity contribution >= 4 is 18.0 Å². The summed E-state index contributed by atoms with van der Waals surface area (Å²) in [5.74, 6) is -0.371. The number of nitrogens with one attached hydrogen (secondary N) is 1. The van der Waals surface area contributed by atoms with Crippen LogP contribution in [0.15, 0.2) is 30.3 Å². The van der Waals surface area contributed by atoms with Gasteiger partial charge in [-0.2, -0.15) is 5.26 Å². The maximum absolute atomic E-state index is 11.4. The quantitative estimate of drug-likeness (QED) is 0.464. The molecular formula is C15H16N2O4. The molecule has 1 aromatic rings. The first-order valence-electron chi connectivity index (χ1n) is 6.28. The highest BCUT2D eigenvalue weighted by molar-refractivity contribution is 5.89. The van der Waals surface area contributed by atoms with Gasteiger partial charge < -0.3 is 14.8 Å². The highest BCUT2D eigenvalue weighted by atomic mass is 16.5. The number of nitriles is 1. The van der Waals surface area contributed by atoms with Gasteiger partial charge in [-0.25, -0.2) is 4.79 Å². The predicted molar refractivity (Wildman–Crippen MR) is 76.2 cm³/mol. The number of esters is 1. The van der Waals surface area contributed by atoms with Gasteiger partial charge in [0, 0.05) is 12.6 Å². The number of methoxy groups -OCH3 is 1. The molecule has 0 aliphatic heterocycles. The topological polar surface area (TPSA) is 88.4 Å². The number of carbonyl (C=O) groups excluding carboxylic acids is 2. The monoisotopic (exact) mass is 288 g/mol. The molecule has 0 atom stereocenters. The first-order valence-corrected chi connectivity index (χ1v) is 6.28. The van der Waals surface area contributed by atoms with Crippen LogP contribution in [0.25, 0.3) is 6.08 Å². The Morgan fingerprint density at radius 3 is 2.95 bits per heavy atom. The molecule has 0 radical (unpaired) electrons. The van der Waals surface area contributed by atoms with Crippen molar-refractivity contribution in [2.45, 2.75) is 6.42 Å². The van der Waals surface area contributed by atoms with E-state index in [0.717, 1.165) is 5.56 Å². The SMILES string of the molecule is COc1cccc(/C=C/C(=O)OCC(=O)NCCC#N)c1. The number of carbonyl (C=O) groups is 2. The van der Waals surface area contributed by atoms with Crippen LogP contribution in [0.4, 0.5) is 0 Å². The maximum atomic E-state index is 11.4. The molecule has 0 bridgehead atoms. The third-order valence-corrected chi connectivity index (χ3v) is 2.41. The molecule has 0 aliphatic carbocycles. The standard InChI is InChI=1S/C15H16N2O4/c1-20-13-5-2-4-12(10-13)6-7-15(19)21-11-14(18)17-9-3-8-16/h2,4-7,10H,3,9,11H2,1H3,(H,17,18)/b7-6+. The molecule has 6 heteroatoms. The largest absolute Gasteiger partial charge is 0.497 e. The normalized spacial score (nSPS) is 9.90. The van der Waals surface area contributed by atoms with E-state index in [4.69, 9.17) is 14.7 Å². The Balaban J connectivity index is 2.37. The molecular weight excluding hydrogens is 272 g/mol. The van der Waals surface area contributed by atoms with Crippen LogP contribution in [-0.2, 0) is 14.3 Å². The highest BCUT2D eigenvalue weighted by Crippen LogP contribution is 2.13. The molecule has 0 fully saturated rings. The van der Waals surface area contributed by atoms with Crippen molar-refractivity contribution in [2.75, 3.05) is 20.3 Å². The van der Waals surface area contributed by atoms with Gasteiger partial charge in [0.15, 0.2) is 6.61 Å². The van der Waals surface area contributed by atoms with Gasteiger partial charge in [-0.1, -0.05) is 12.1 Å². The fourth-order valence-corrected chi connectivity index (χ4v) is 1.40. The average molecular weight is 288 g/mol. The van der Waals surface area contributed by atoms with Crippen LogP contribution in [0, 0.1) is 11.3 Å². The number of hydrogen-bond acceptors (Lipinski definition) is 5. The van der Waals surface area contributed by atoms with Gasteiger partial charge in [-0.15, -0.1) is 0 Å². The zero-order valence-corrected chi connectivity index (χ0v) is 11.7. The van der Waals surface area contributed by atoms with Crippen LogP contribution in [0.1, 0.15) is 12.0 Å². The van der Waals surface area contributed by atoms with Crippen LogP contribution in [-0.4, -0.2) is 32.1 Å². The summed E-state index contributed by atoms with van der Waals surface area (Å²) in [5.41, 5.74) is 0.782. The van der Waals surface area contributed by atoms with Gasteiger partial charge in [0.2, 0.25) is 0 Å². The Hall–Kier alpha value is -2.81. The lowest BCUT2D eigenvalue weighted by Crippen LogP contribution is -2.29. The summed E-state index contributed by atoms with van der Waals surface area (Å²) in [4.78, 5) is 22.7. The molecule has 21 heavy (non-hydrogen) atoms. The minimum absolute atomic E-state index is 0.218. The van der Waals surface area contributed by atoms with E-state index < -0.39 is 11.9 Å². The average Bonchev–Trinajstić information content (AvgIpc) is 2.51. The lowest BCUT2D eigenvalue weighted by Gasteiger charge is -2.03. The summed E-state index contributed by atoms with van der Waals surface area (Å²) in [6, 6.07) is 9.05. The van der Waals surface area contributed by atoms with Crippen LogP contribution in [0.5, 0.6) is 5.75 Å². The molecule has 6 nitrogen and oxygen atoms in total. The van der Waals surface area contributed by atoms with Crippen molar-refractivity contribution < 1.29 is 19.1 Å². The van der Waals surface area contributed by atoms with Crippen molar-refractivity contribution in [3.8, 4) is 11.8 Å². The summed E-state index contributed by atoms with van der Waals surface area (Å²) in [7, 11) is 1.56. The molecule has 0 aliphatic rings. The molecule has 0 saturated heterocycles. The molecule has 0 saturated carbocycles. The van der Waals surface area contributed by atoms with E-state index in [1.54, 1.807) is 37.5 Å². The second kappa shape index (κ2) is 9.15. The van der Waals surface area contributed by atoms with Gasteiger partial charge in [0.25, 0.3) is 5.91 Å². The predicted octanol–water partition coefficient (Wildman–Crippen LogP) is 1.28. The van der Waals surface area contributed by atoms with E-state index in [0.29, 0.717) is 5.75 Å². The summed E-state index contributed by atoms with van der Waals surface area (Å²) in [5, 5.41) is 10.8. The number of amides is 1. The van der Waals surface area contributed by atoms with Crippen LogP contribution in [0.3, 0.4) is 0 Å². The van der Waals surface area contributed by atoms with E-state index in [1.807, 2.05) is 6.07 Å². The number of nitrogens with zero attached hydrogens (tertiary/aromatic N) is 1. The molecule has 1 aromatic carbocycles. The van der Waals surface area contributed by atoms with E-state index >= 15 is 0 Å². The highest BCUT2D eigenvalue weighted by Gasteiger charge is 2.04. The van der Waals surface area contributed by atoms with Crippen molar-refractivity contribution in [3.05, 3.63) is 35.9 Å². The van der Waals surface area contributed by atoms with Crippen LogP contribution >= 0.6 is 0 Å². The molecule has 1 rings (SSSR count). The molecule has 1 N–H and O–H groups in total. The van der Waals surface area contributed by atoms with Crippen LogP contribution < -0.4 is 10.1 Å². The summed E-state index contributed by atoms with van der Waals surface area (Å²) < 4.78 is 9.82. The van der Waals surface area contributed by atoms with Crippen LogP contribution in [0.2, 0.25) is 0 Å². The molecule has 0 aromatic heterocycles. The fraction of sp³-hybridized carbons (Fsp3) is 0.267. The second-order valence-electron chi connectivity index (χ2n) is 3.98. The summed E-state index contributed by atoms with van der Waals surface area (Å²) in [6.07, 6.45) is 3.02. The third-order valence-electron chi connectivity index (χ3n) is 2.41. The van der Waals surface area contributed by atoms with Crippen molar-refractivity contribution in [3.63, 3.8) is 0 Å². The van der Waals surface area contributed by atoms with Gasteiger partial charge in [-0.3, -0.25) is 4.79 Å². The lowest BCUT2D eigenvalue weighted by molar-refractivity contribution is -0.143. The Morgan fingerprint density at radius 1 is 1.43 bits per heavy atom. The molecule has 0 heterocycles. The van der Waals surface area contributed by atoms with Gasteiger partial charge in [0.1, 0.15) is 5.75 Å². The fourth-order valence-electron chi connectivity index (χ4n) is 1.40. The Morgan fingerprint density at radius 2 is 2.24 bits per heavy atom. The zero-order valence-electron chi connectivity index (χ0n) is 11.7. The zero-order chi connectivity index (χ0) is 15.5. The maximum Gasteiger partial charge on any atom is 0.331 e. The van der Waals surface area contributed by atoms with Gasteiger partial charge >= 0.3 is 5.97 Å². The molecule has 110 valence electrons. The van der Waals surface area contributed by atoms with Gasteiger partial charge in [-0.05, 0) is 23.8 Å². The van der Waals surface area contributed by atoms with E-state index in [9.17, 15) is 9.59 Å². The first-order chi connectivity index (χ1) is 10.2. The number of ether oxygens (including phenoxy) is 2. The lowest BCUT2D eigenvalue weighted by atomic mass is 10.2. The Labute approximate surface area is 123 Å². The Bertz CT molecular complexity index is 561. The minimum Gasteiger partial charge on any atom is -0.497 e. The number of rotatable bonds is 7. The second-order valence-corrected chi connectivity index (χ2v) is 3.98. The first kappa shape index (κ1) is 16.2. The van der Waals surface area contributed by atoms with E-state index in [2.05, 4.69) is 5.32 Å². The molecule has 0 spiro atoms. The minimum atomic E-state index is -0.617. The Kier molecular flexibility index (Phi) is 7.08. The summed E-state index contributed by atoms with van der Waals surface area (Å²) >= 11 is 0.